The van der Waals surface area contributed by atoms with E-state index in [2.05, 4.69) is 4.98 Å². The van der Waals surface area contributed by atoms with Gasteiger partial charge in [-0.15, -0.1) is 0 Å². The lowest BCUT2D eigenvalue weighted by atomic mass is 10.3. The number of ether oxygens (including phenoxy) is 1. The molecule has 1 aromatic heterocycles. The number of nitrogens with zero attached hydrogens (tertiary/aromatic N) is 3. The van der Waals surface area contributed by atoms with Crippen LogP contribution in [0.25, 0.3) is 5.69 Å². The Morgan fingerprint density at radius 1 is 1.39 bits per heavy atom. The monoisotopic (exact) mass is 242 g/mol. The molecule has 0 aliphatic carbocycles. The highest BCUT2D eigenvalue weighted by molar-refractivity contribution is 5.41. The van der Waals surface area contributed by atoms with Crippen molar-refractivity contribution in [1.82, 2.24) is 9.55 Å². The second kappa shape index (κ2) is 4.59. The summed E-state index contributed by atoms with van der Waals surface area (Å²) in [5.41, 5.74) is -0.389. The van der Waals surface area contributed by atoms with Crippen LogP contribution >= 0.6 is 0 Å². The minimum atomic E-state index is -0.813. The molecule has 2 aromatic rings. The summed E-state index contributed by atoms with van der Waals surface area (Å²) < 4.78 is 6.13. The molecule has 18 heavy (non-hydrogen) atoms. The Kier molecular flexibility index (Phi) is 2.98. The molecule has 0 fully saturated rings. The Hall–Kier alpha value is -2.81. The van der Waals surface area contributed by atoms with Gasteiger partial charge in [-0.2, -0.15) is 5.26 Å². The van der Waals surface area contributed by atoms with Crippen molar-refractivity contribution in [2.75, 3.05) is 7.11 Å². The highest BCUT2D eigenvalue weighted by atomic mass is 16.5. The van der Waals surface area contributed by atoms with E-state index in [1.807, 2.05) is 0 Å². The highest BCUT2D eigenvalue weighted by Gasteiger charge is 2.04. The van der Waals surface area contributed by atoms with Crippen molar-refractivity contribution in [2.24, 2.45) is 0 Å². The lowest BCUT2D eigenvalue weighted by molar-refractivity contribution is -0.275. The average molecular weight is 242 g/mol. The maximum absolute atomic E-state index is 11.6. The van der Waals surface area contributed by atoms with Gasteiger partial charge in [0.1, 0.15) is 11.8 Å². The normalized spacial score (nSPS) is 9.78. The summed E-state index contributed by atoms with van der Waals surface area (Å²) in [4.78, 5) is 14.8. The van der Waals surface area contributed by atoms with Crippen LogP contribution in [0.5, 0.6) is 11.6 Å². The van der Waals surface area contributed by atoms with E-state index in [1.54, 1.807) is 30.3 Å². The maximum Gasteiger partial charge on any atom is 0.351 e. The van der Waals surface area contributed by atoms with Gasteiger partial charge < -0.3 is 9.84 Å². The van der Waals surface area contributed by atoms with Gasteiger partial charge in [0.2, 0.25) is 0 Å². The summed E-state index contributed by atoms with van der Waals surface area (Å²) in [5.74, 6) is -0.173. The molecule has 6 nitrogen and oxygen atoms in total. The van der Waals surface area contributed by atoms with Gasteiger partial charge in [-0.3, -0.25) is 4.57 Å². The first-order chi connectivity index (χ1) is 8.65. The summed E-state index contributed by atoms with van der Waals surface area (Å²) >= 11 is 0. The van der Waals surface area contributed by atoms with Crippen molar-refractivity contribution in [3.63, 3.8) is 0 Å². The number of aromatic nitrogens is 2. The molecule has 0 unspecified atom stereocenters. The van der Waals surface area contributed by atoms with Gasteiger partial charge in [0, 0.05) is 12.1 Å². The maximum atomic E-state index is 11.6. The number of hydrogen-bond acceptors (Lipinski definition) is 5. The van der Waals surface area contributed by atoms with E-state index in [9.17, 15) is 9.90 Å². The van der Waals surface area contributed by atoms with Crippen LogP contribution in [0.4, 0.5) is 0 Å². The van der Waals surface area contributed by atoms with Gasteiger partial charge in [0.05, 0.1) is 18.4 Å². The van der Waals surface area contributed by atoms with Crippen LogP contribution in [0.3, 0.4) is 0 Å². The number of methoxy groups -OCH3 is 1. The standard InChI is InChI=1S/C12H9N3O3/c1-18-10-4-2-9(3-5-10)15-7-8(6-13)11(16)14-12(15)17/h2-5,7H,1H3,(H,14,16,17)/p-1. The van der Waals surface area contributed by atoms with Crippen molar-refractivity contribution in [1.29, 1.82) is 5.26 Å². The molecular formula is C12H8N3O3-. The van der Waals surface area contributed by atoms with Crippen molar-refractivity contribution < 1.29 is 9.84 Å². The zero-order chi connectivity index (χ0) is 13.1. The van der Waals surface area contributed by atoms with Crippen LogP contribution in [0.15, 0.2) is 35.3 Å². The van der Waals surface area contributed by atoms with Crippen LogP contribution in [0.1, 0.15) is 5.56 Å². The second-order valence-electron chi connectivity index (χ2n) is 3.42. The summed E-state index contributed by atoms with van der Waals surface area (Å²) in [6.45, 7) is 0. The molecule has 6 heteroatoms. The lowest BCUT2D eigenvalue weighted by Crippen LogP contribution is -2.23. The van der Waals surface area contributed by atoms with Crippen LogP contribution < -0.4 is 15.5 Å². The molecule has 1 heterocycles. The molecule has 0 saturated carbocycles. The van der Waals surface area contributed by atoms with Gasteiger partial charge in [0.15, 0.2) is 0 Å². The minimum absolute atomic E-state index is 0.176. The summed E-state index contributed by atoms with van der Waals surface area (Å²) in [5, 5.41) is 19.9. The molecular weight excluding hydrogens is 234 g/mol. The van der Waals surface area contributed by atoms with Crippen LogP contribution in [0, 0.1) is 11.3 Å². The van der Waals surface area contributed by atoms with Crippen molar-refractivity contribution >= 4 is 0 Å². The Morgan fingerprint density at radius 2 is 2.06 bits per heavy atom. The van der Waals surface area contributed by atoms with Crippen LogP contribution in [-0.4, -0.2) is 16.7 Å². The number of benzene rings is 1. The zero-order valence-electron chi connectivity index (χ0n) is 9.45. The highest BCUT2D eigenvalue weighted by Crippen LogP contribution is 2.14. The van der Waals surface area contributed by atoms with Crippen molar-refractivity contribution in [2.45, 2.75) is 0 Å². The fraction of sp³-hybridized carbons (Fsp3) is 0.0833. The third kappa shape index (κ3) is 2.01. The third-order valence-electron chi connectivity index (χ3n) is 2.36. The molecule has 0 bridgehead atoms. The molecule has 1 aromatic carbocycles. The van der Waals surface area contributed by atoms with E-state index in [0.29, 0.717) is 11.4 Å². The van der Waals surface area contributed by atoms with E-state index in [-0.39, 0.29) is 5.56 Å². The summed E-state index contributed by atoms with van der Waals surface area (Å²) in [6, 6.07) is 8.29. The first-order valence-electron chi connectivity index (χ1n) is 5.01. The lowest BCUT2D eigenvalue weighted by Gasteiger charge is -2.10. The zero-order valence-corrected chi connectivity index (χ0v) is 9.45. The number of nitriles is 1. The predicted molar refractivity (Wildman–Crippen MR) is 60.5 cm³/mol. The van der Waals surface area contributed by atoms with Crippen LogP contribution in [0.2, 0.25) is 0 Å². The molecule has 0 saturated heterocycles. The van der Waals surface area contributed by atoms with E-state index in [4.69, 9.17) is 10.00 Å². The first-order valence-corrected chi connectivity index (χ1v) is 5.01. The van der Waals surface area contributed by atoms with Crippen molar-refractivity contribution in [3.8, 4) is 23.4 Å². The topological polar surface area (TPSA) is 91.0 Å². The van der Waals surface area contributed by atoms with E-state index in [1.165, 1.54) is 13.3 Å². The molecule has 0 aliphatic rings. The SMILES string of the molecule is COc1ccc(-n2cc(C#N)c([O-])nc2=O)cc1. The van der Waals surface area contributed by atoms with Crippen LogP contribution in [-0.2, 0) is 0 Å². The number of rotatable bonds is 2. The van der Waals surface area contributed by atoms with E-state index < -0.39 is 11.6 Å². The second-order valence-corrected chi connectivity index (χ2v) is 3.42. The van der Waals surface area contributed by atoms with E-state index >= 15 is 0 Å². The molecule has 0 atom stereocenters. The van der Waals surface area contributed by atoms with Gasteiger partial charge in [-0.1, -0.05) is 0 Å². The Balaban J connectivity index is 2.57. The molecule has 2 rings (SSSR count). The van der Waals surface area contributed by atoms with Gasteiger partial charge in [-0.05, 0) is 24.3 Å². The fourth-order valence-electron chi connectivity index (χ4n) is 1.44. The minimum Gasteiger partial charge on any atom is -0.858 e. The molecule has 0 radical (unpaired) electrons. The number of hydrogen-bond donors (Lipinski definition) is 0. The molecule has 0 amide bonds. The van der Waals surface area contributed by atoms with Gasteiger partial charge >= 0.3 is 5.69 Å². The quantitative estimate of drug-likeness (QED) is 0.749. The fourth-order valence-corrected chi connectivity index (χ4v) is 1.44. The summed E-state index contributed by atoms with van der Waals surface area (Å²) in [7, 11) is 1.53. The Morgan fingerprint density at radius 3 is 2.61 bits per heavy atom. The van der Waals surface area contributed by atoms with Gasteiger partial charge in [0.25, 0.3) is 0 Å². The Labute approximate surface area is 102 Å². The smallest absolute Gasteiger partial charge is 0.351 e. The summed E-state index contributed by atoms with van der Waals surface area (Å²) in [6.07, 6.45) is 1.18. The van der Waals surface area contributed by atoms with Crippen molar-refractivity contribution in [3.05, 3.63) is 46.5 Å². The molecule has 0 N–H and O–H groups in total. The third-order valence-corrected chi connectivity index (χ3v) is 2.36. The predicted octanol–water partition coefficient (Wildman–Crippen LogP) is 0.186. The largest absolute Gasteiger partial charge is 0.858 e. The average Bonchev–Trinajstić information content (AvgIpc) is 2.39. The molecule has 90 valence electrons. The van der Waals surface area contributed by atoms with Gasteiger partial charge in [-0.25, -0.2) is 9.78 Å². The first kappa shape index (κ1) is 11.7. The molecule has 0 spiro atoms. The van der Waals surface area contributed by atoms with E-state index in [0.717, 1.165) is 4.57 Å². The molecule has 0 aliphatic heterocycles. The Bertz CT molecular complexity index is 668.